The van der Waals surface area contributed by atoms with Crippen molar-refractivity contribution in [1.82, 2.24) is 10.6 Å². The summed E-state index contributed by atoms with van der Waals surface area (Å²) < 4.78 is 0. The van der Waals surface area contributed by atoms with Crippen LogP contribution in [0.2, 0.25) is 0 Å². The average Bonchev–Trinajstić information content (AvgIpc) is 2.34. The van der Waals surface area contributed by atoms with E-state index in [1.807, 2.05) is 0 Å². The fourth-order valence-corrected chi connectivity index (χ4v) is 1.25. The van der Waals surface area contributed by atoms with Crippen LogP contribution >= 0.6 is 0 Å². The lowest BCUT2D eigenvalue weighted by Gasteiger charge is -2.14. The monoisotopic (exact) mass is 232 g/mol. The van der Waals surface area contributed by atoms with Crippen LogP contribution in [-0.2, 0) is 4.79 Å². The molecule has 0 spiro atoms. The van der Waals surface area contributed by atoms with E-state index in [9.17, 15) is 9.59 Å². The number of terminal acetylenes is 1. The van der Waals surface area contributed by atoms with Gasteiger partial charge >= 0.3 is 12.0 Å². The number of carbonyl (C=O) groups excluding carboxylic acids is 1. The molecule has 0 saturated heterocycles. The molecule has 5 nitrogen and oxygen atoms in total. The smallest absolute Gasteiger partial charge is 0.330 e. The molecule has 0 heterocycles. The van der Waals surface area contributed by atoms with Crippen molar-refractivity contribution < 1.29 is 14.7 Å². The molecule has 1 rings (SSSR count). The second-order valence-electron chi connectivity index (χ2n) is 3.21. The summed E-state index contributed by atoms with van der Waals surface area (Å²) in [6, 6.07) is 6.72. The van der Waals surface area contributed by atoms with Gasteiger partial charge in [0.2, 0.25) is 0 Å². The van der Waals surface area contributed by atoms with Gasteiger partial charge in [-0.2, -0.15) is 0 Å². The van der Waals surface area contributed by atoms with Crippen LogP contribution in [0.1, 0.15) is 11.6 Å². The lowest BCUT2D eigenvalue weighted by Crippen LogP contribution is -2.40. The molecule has 1 atom stereocenters. The number of hydrogen-bond acceptors (Lipinski definition) is 2. The van der Waals surface area contributed by atoms with Gasteiger partial charge in [-0.3, -0.25) is 0 Å². The van der Waals surface area contributed by atoms with E-state index >= 15 is 0 Å². The highest BCUT2D eigenvalue weighted by Gasteiger charge is 2.21. The Morgan fingerprint density at radius 1 is 1.35 bits per heavy atom. The highest BCUT2D eigenvalue weighted by Crippen LogP contribution is 2.12. The van der Waals surface area contributed by atoms with Crippen molar-refractivity contribution in [3.63, 3.8) is 0 Å². The van der Waals surface area contributed by atoms with Gasteiger partial charge < -0.3 is 15.7 Å². The molecular formula is C12H12N2O3. The van der Waals surface area contributed by atoms with Crippen LogP contribution < -0.4 is 10.6 Å². The minimum absolute atomic E-state index is 0.0486. The third-order valence-corrected chi connectivity index (χ3v) is 2.01. The van der Waals surface area contributed by atoms with E-state index < -0.39 is 18.0 Å². The van der Waals surface area contributed by atoms with Crippen LogP contribution in [0.5, 0.6) is 0 Å². The standard InChI is InChI=1S/C12H12N2O3/c1-2-8-13-12(17)14-10(11(15)16)9-6-4-3-5-7-9/h1,3-7,10H,8H2,(H,15,16)(H2,13,14,17)/t10-/m0/s1. The first-order chi connectivity index (χ1) is 8.15. The number of amides is 2. The maximum atomic E-state index is 11.3. The SMILES string of the molecule is C#CCNC(=O)N[C@H](C(=O)O)c1ccccc1. The zero-order valence-corrected chi connectivity index (χ0v) is 9.01. The molecule has 5 heteroatoms. The molecule has 17 heavy (non-hydrogen) atoms. The molecule has 0 aliphatic heterocycles. The Kier molecular flexibility index (Phi) is 4.58. The van der Waals surface area contributed by atoms with Crippen molar-refractivity contribution in [1.29, 1.82) is 0 Å². The number of rotatable bonds is 4. The Morgan fingerprint density at radius 2 is 2.00 bits per heavy atom. The average molecular weight is 232 g/mol. The summed E-state index contributed by atoms with van der Waals surface area (Å²) in [6.45, 7) is 0.0486. The van der Waals surface area contributed by atoms with E-state index in [4.69, 9.17) is 11.5 Å². The van der Waals surface area contributed by atoms with Crippen molar-refractivity contribution in [2.45, 2.75) is 6.04 Å². The number of nitrogens with one attached hydrogen (secondary N) is 2. The Labute approximate surface area is 98.8 Å². The summed E-state index contributed by atoms with van der Waals surface area (Å²) in [5.74, 6) is 1.09. The molecule has 0 aromatic heterocycles. The quantitative estimate of drug-likeness (QED) is 0.670. The van der Waals surface area contributed by atoms with E-state index in [2.05, 4.69) is 16.6 Å². The summed E-state index contributed by atoms with van der Waals surface area (Å²) in [5.41, 5.74) is 0.496. The zero-order valence-electron chi connectivity index (χ0n) is 9.01. The number of carbonyl (C=O) groups is 2. The van der Waals surface area contributed by atoms with E-state index in [0.29, 0.717) is 5.56 Å². The lowest BCUT2D eigenvalue weighted by atomic mass is 10.1. The van der Waals surface area contributed by atoms with Crippen molar-refractivity contribution >= 4 is 12.0 Å². The molecule has 88 valence electrons. The highest BCUT2D eigenvalue weighted by molar-refractivity contribution is 5.83. The molecule has 2 amide bonds. The maximum absolute atomic E-state index is 11.3. The summed E-state index contributed by atoms with van der Waals surface area (Å²) >= 11 is 0. The minimum atomic E-state index is -1.13. The fourth-order valence-electron chi connectivity index (χ4n) is 1.25. The second-order valence-corrected chi connectivity index (χ2v) is 3.21. The first-order valence-electron chi connectivity index (χ1n) is 4.90. The van der Waals surface area contributed by atoms with E-state index in [-0.39, 0.29) is 6.54 Å². The number of hydrogen-bond donors (Lipinski definition) is 3. The number of carboxylic acids is 1. The van der Waals surface area contributed by atoms with Crippen LogP contribution in [0.25, 0.3) is 0 Å². The summed E-state index contributed by atoms with van der Waals surface area (Å²) in [7, 11) is 0. The predicted molar refractivity (Wildman–Crippen MR) is 62.2 cm³/mol. The van der Waals surface area contributed by atoms with Gasteiger partial charge in [-0.15, -0.1) is 6.42 Å². The topological polar surface area (TPSA) is 78.4 Å². The van der Waals surface area contributed by atoms with E-state index in [1.165, 1.54) is 0 Å². The lowest BCUT2D eigenvalue weighted by molar-refractivity contribution is -0.139. The third-order valence-electron chi connectivity index (χ3n) is 2.01. The van der Waals surface area contributed by atoms with Gasteiger partial charge in [0.05, 0.1) is 6.54 Å². The molecule has 1 aromatic carbocycles. The minimum Gasteiger partial charge on any atom is -0.479 e. The normalized spacial score (nSPS) is 11.0. The van der Waals surface area contributed by atoms with Crippen LogP contribution in [0.3, 0.4) is 0 Å². The van der Waals surface area contributed by atoms with Crippen molar-refractivity contribution in [2.24, 2.45) is 0 Å². The van der Waals surface area contributed by atoms with E-state index in [0.717, 1.165) is 0 Å². The highest BCUT2D eigenvalue weighted by atomic mass is 16.4. The molecule has 0 bridgehead atoms. The molecule has 0 radical (unpaired) electrons. The van der Waals surface area contributed by atoms with Gasteiger partial charge in [0.1, 0.15) is 0 Å². The molecule has 1 aromatic rings. The van der Waals surface area contributed by atoms with Gasteiger partial charge in [0, 0.05) is 0 Å². The Bertz CT molecular complexity index is 437. The van der Waals surface area contributed by atoms with E-state index in [1.54, 1.807) is 30.3 Å². The molecular weight excluding hydrogens is 220 g/mol. The Balaban J connectivity index is 2.72. The van der Waals surface area contributed by atoms with Crippen LogP contribution in [0, 0.1) is 12.3 Å². The van der Waals surface area contributed by atoms with Crippen LogP contribution in [0.15, 0.2) is 30.3 Å². The van der Waals surface area contributed by atoms with Gasteiger partial charge in [0.25, 0.3) is 0 Å². The van der Waals surface area contributed by atoms with Crippen molar-refractivity contribution in [2.75, 3.05) is 6.54 Å². The first kappa shape index (κ1) is 12.6. The summed E-state index contributed by atoms with van der Waals surface area (Å²) in [4.78, 5) is 22.3. The van der Waals surface area contributed by atoms with Gasteiger partial charge in [-0.1, -0.05) is 36.3 Å². The molecule has 0 aliphatic rings. The van der Waals surface area contributed by atoms with Crippen LogP contribution in [0.4, 0.5) is 4.79 Å². The number of benzene rings is 1. The summed E-state index contributed by atoms with van der Waals surface area (Å²) in [5, 5.41) is 13.7. The Morgan fingerprint density at radius 3 is 2.53 bits per heavy atom. The zero-order chi connectivity index (χ0) is 12.7. The van der Waals surface area contributed by atoms with Crippen LogP contribution in [-0.4, -0.2) is 23.7 Å². The fraction of sp³-hybridized carbons (Fsp3) is 0.167. The molecule has 0 saturated carbocycles. The molecule has 3 N–H and O–H groups in total. The number of aliphatic carboxylic acids is 1. The first-order valence-corrected chi connectivity index (χ1v) is 4.90. The summed E-state index contributed by atoms with van der Waals surface area (Å²) in [6.07, 6.45) is 4.97. The molecule has 0 fully saturated rings. The van der Waals surface area contributed by atoms with Crippen molar-refractivity contribution in [3.05, 3.63) is 35.9 Å². The second kappa shape index (κ2) is 6.18. The maximum Gasteiger partial charge on any atom is 0.330 e. The van der Waals surface area contributed by atoms with Crippen molar-refractivity contribution in [3.8, 4) is 12.3 Å². The number of carboxylic acid groups (broad SMARTS) is 1. The predicted octanol–water partition coefficient (Wildman–Crippen LogP) is 0.745. The third kappa shape index (κ3) is 3.87. The van der Waals surface area contributed by atoms with Gasteiger partial charge in [-0.25, -0.2) is 9.59 Å². The molecule has 0 unspecified atom stereocenters. The van der Waals surface area contributed by atoms with Gasteiger partial charge in [-0.05, 0) is 5.56 Å². The largest absolute Gasteiger partial charge is 0.479 e. The number of urea groups is 1. The molecule has 0 aliphatic carbocycles. The Hall–Kier alpha value is -2.48. The van der Waals surface area contributed by atoms with Gasteiger partial charge in [0.15, 0.2) is 6.04 Å².